The van der Waals surface area contributed by atoms with Crippen molar-refractivity contribution in [3.05, 3.63) is 85.9 Å². The van der Waals surface area contributed by atoms with Gasteiger partial charge in [-0.25, -0.2) is 4.98 Å². The zero-order valence-corrected chi connectivity index (χ0v) is 17.2. The maximum Gasteiger partial charge on any atom is 0.276 e. The molecule has 0 saturated carbocycles. The van der Waals surface area contributed by atoms with E-state index in [1.807, 2.05) is 35.7 Å². The predicted octanol–water partition coefficient (Wildman–Crippen LogP) is 5.81. The number of hydrogen-bond donors (Lipinski definition) is 0. The van der Waals surface area contributed by atoms with E-state index in [1.54, 1.807) is 16.3 Å². The lowest BCUT2D eigenvalue weighted by atomic mass is 10.2. The second kappa shape index (κ2) is 7.39. The summed E-state index contributed by atoms with van der Waals surface area (Å²) in [5.41, 5.74) is 4.03. The Morgan fingerprint density at radius 3 is 2.73 bits per heavy atom. The van der Waals surface area contributed by atoms with Crippen molar-refractivity contribution in [3.8, 4) is 5.69 Å². The fourth-order valence-electron chi connectivity index (χ4n) is 2.76. The minimum Gasteiger partial charge on any atom is -0.267 e. The molecule has 130 valence electrons. The quantitative estimate of drug-likeness (QED) is 0.295. The average molecular weight is 443 g/mol. The third-order valence-corrected chi connectivity index (χ3v) is 6.41. The van der Waals surface area contributed by atoms with Crippen molar-refractivity contribution in [1.29, 1.82) is 0 Å². The highest BCUT2D eigenvalue weighted by Crippen LogP contribution is 2.27. The summed E-state index contributed by atoms with van der Waals surface area (Å²) in [7, 11) is 0. The van der Waals surface area contributed by atoms with Gasteiger partial charge >= 0.3 is 0 Å². The molecule has 0 fully saturated rings. The third-order valence-electron chi connectivity index (χ3n) is 3.98. The van der Waals surface area contributed by atoms with Gasteiger partial charge < -0.3 is 0 Å². The van der Waals surface area contributed by atoms with Crippen LogP contribution in [0.5, 0.6) is 0 Å². The number of aromatic nitrogens is 2. The monoisotopic (exact) mass is 442 g/mol. The Hall–Kier alpha value is -1.89. The second-order valence-corrected chi connectivity index (χ2v) is 8.70. The Kier molecular flexibility index (Phi) is 4.98. The number of halogens is 1. The van der Waals surface area contributed by atoms with E-state index in [0.29, 0.717) is 9.86 Å². The minimum atomic E-state index is -0.0148. The first kappa shape index (κ1) is 17.5. The molecule has 0 N–H and O–H groups in total. The van der Waals surface area contributed by atoms with Crippen molar-refractivity contribution in [1.82, 2.24) is 9.55 Å². The number of benzene rings is 2. The molecule has 0 aliphatic carbocycles. The standard InChI is InChI=1S/C20H15BrN2OS2/c1-13-3-2-4-14(11-13)12-26-20-22-17-9-10-25-18(17)19(24)23(20)16-7-5-15(21)6-8-16/h2-11H,12H2,1H3. The normalized spacial score (nSPS) is 11.2. The van der Waals surface area contributed by atoms with Gasteiger partial charge in [-0.3, -0.25) is 9.36 Å². The smallest absolute Gasteiger partial charge is 0.267 e. The molecule has 0 aliphatic heterocycles. The summed E-state index contributed by atoms with van der Waals surface area (Å²) < 4.78 is 3.38. The number of thioether (sulfide) groups is 1. The van der Waals surface area contributed by atoms with Crippen LogP contribution in [0.4, 0.5) is 0 Å². The van der Waals surface area contributed by atoms with Crippen LogP contribution in [0.25, 0.3) is 15.9 Å². The number of hydrogen-bond acceptors (Lipinski definition) is 4. The van der Waals surface area contributed by atoms with Crippen LogP contribution in [0.2, 0.25) is 0 Å². The van der Waals surface area contributed by atoms with E-state index in [9.17, 15) is 4.79 Å². The Labute approximate surface area is 167 Å². The van der Waals surface area contributed by atoms with Crippen LogP contribution in [0.1, 0.15) is 11.1 Å². The molecule has 2 heterocycles. The molecule has 2 aromatic heterocycles. The summed E-state index contributed by atoms with van der Waals surface area (Å²) >= 11 is 6.47. The first-order valence-corrected chi connectivity index (χ1v) is 10.7. The van der Waals surface area contributed by atoms with Crippen LogP contribution in [0, 0.1) is 6.92 Å². The largest absolute Gasteiger partial charge is 0.276 e. The van der Waals surface area contributed by atoms with Gasteiger partial charge in [0.2, 0.25) is 0 Å². The average Bonchev–Trinajstić information content (AvgIpc) is 3.10. The van der Waals surface area contributed by atoms with Crippen molar-refractivity contribution >= 4 is 49.2 Å². The van der Waals surface area contributed by atoms with Gasteiger partial charge in [0.05, 0.1) is 11.2 Å². The van der Waals surface area contributed by atoms with E-state index in [0.717, 1.165) is 21.4 Å². The van der Waals surface area contributed by atoms with E-state index in [-0.39, 0.29) is 5.56 Å². The Bertz CT molecular complexity index is 1130. The van der Waals surface area contributed by atoms with Gasteiger partial charge in [-0.15, -0.1) is 11.3 Å². The first-order chi connectivity index (χ1) is 12.6. The molecular weight excluding hydrogens is 428 g/mol. The lowest BCUT2D eigenvalue weighted by Crippen LogP contribution is -2.20. The van der Waals surface area contributed by atoms with Crippen LogP contribution >= 0.6 is 39.0 Å². The lowest BCUT2D eigenvalue weighted by Gasteiger charge is -2.12. The Morgan fingerprint density at radius 2 is 1.96 bits per heavy atom. The van der Waals surface area contributed by atoms with Crippen LogP contribution in [-0.4, -0.2) is 9.55 Å². The molecule has 6 heteroatoms. The summed E-state index contributed by atoms with van der Waals surface area (Å²) in [5, 5.41) is 2.63. The summed E-state index contributed by atoms with van der Waals surface area (Å²) in [6, 6.07) is 18.1. The number of aryl methyl sites for hydroxylation is 1. The van der Waals surface area contributed by atoms with Gasteiger partial charge in [-0.05, 0) is 48.2 Å². The zero-order valence-electron chi connectivity index (χ0n) is 14.0. The predicted molar refractivity (Wildman–Crippen MR) is 114 cm³/mol. The number of rotatable bonds is 4. The number of fused-ring (bicyclic) bond motifs is 1. The summed E-state index contributed by atoms with van der Waals surface area (Å²) in [4.78, 5) is 17.8. The van der Waals surface area contributed by atoms with Crippen LogP contribution in [0.15, 0.2) is 74.4 Å². The van der Waals surface area contributed by atoms with Gasteiger partial charge in [0.1, 0.15) is 4.70 Å². The van der Waals surface area contributed by atoms with E-state index < -0.39 is 0 Å². The Balaban J connectivity index is 1.80. The van der Waals surface area contributed by atoms with Crippen molar-refractivity contribution in [2.45, 2.75) is 17.8 Å². The molecule has 4 rings (SSSR count). The third kappa shape index (κ3) is 3.49. The van der Waals surface area contributed by atoms with Crippen LogP contribution < -0.4 is 5.56 Å². The molecule has 0 bridgehead atoms. The molecule has 0 spiro atoms. The van der Waals surface area contributed by atoms with E-state index in [1.165, 1.54) is 22.5 Å². The second-order valence-electron chi connectivity index (χ2n) is 5.92. The molecule has 3 nitrogen and oxygen atoms in total. The minimum absolute atomic E-state index is 0.0148. The summed E-state index contributed by atoms with van der Waals surface area (Å²) in [6.07, 6.45) is 0. The fourth-order valence-corrected chi connectivity index (χ4v) is 4.74. The lowest BCUT2D eigenvalue weighted by molar-refractivity contribution is 0.822. The van der Waals surface area contributed by atoms with Gasteiger partial charge in [0, 0.05) is 10.2 Å². The molecule has 0 saturated heterocycles. The summed E-state index contributed by atoms with van der Waals surface area (Å²) in [6.45, 7) is 2.08. The maximum absolute atomic E-state index is 13.1. The topological polar surface area (TPSA) is 34.9 Å². The molecule has 4 aromatic rings. The van der Waals surface area contributed by atoms with Crippen molar-refractivity contribution in [3.63, 3.8) is 0 Å². The highest BCUT2D eigenvalue weighted by Gasteiger charge is 2.14. The summed E-state index contributed by atoms with van der Waals surface area (Å²) in [5.74, 6) is 0.764. The van der Waals surface area contributed by atoms with E-state index >= 15 is 0 Å². The van der Waals surface area contributed by atoms with Crippen molar-refractivity contribution < 1.29 is 0 Å². The SMILES string of the molecule is Cc1cccc(CSc2nc3ccsc3c(=O)n2-c2ccc(Br)cc2)c1. The first-order valence-electron chi connectivity index (χ1n) is 8.06. The molecule has 2 aromatic carbocycles. The van der Waals surface area contributed by atoms with Gasteiger partial charge in [-0.2, -0.15) is 0 Å². The number of thiophene rings is 1. The molecule has 0 amide bonds. The van der Waals surface area contributed by atoms with Crippen molar-refractivity contribution in [2.24, 2.45) is 0 Å². The van der Waals surface area contributed by atoms with Crippen LogP contribution in [-0.2, 0) is 5.75 Å². The van der Waals surface area contributed by atoms with Crippen LogP contribution in [0.3, 0.4) is 0 Å². The zero-order chi connectivity index (χ0) is 18.1. The maximum atomic E-state index is 13.1. The Morgan fingerprint density at radius 1 is 1.15 bits per heavy atom. The molecule has 0 atom stereocenters. The van der Waals surface area contributed by atoms with Gasteiger partial charge in [-0.1, -0.05) is 57.5 Å². The van der Waals surface area contributed by atoms with E-state index in [4.69, 9.17) is 4.98 Å². The fraction of sp³-hybridized carbons (Fsp3) is 0.100. The molecule has 0 radical (unpaired) electrons. The highest BCUT2D eigenvalue weighted by molar-refractivity contribution is 9.10. The molecular formula is C20H15BrN2OS2. The van der Waals surface area contributed by atoms with E-state index in [2.05, 4.69) is 47.1 Å². The molecule has 0 aliphatic rings. The van der Waals surface area contributed by atoms with Crippen molar-refractivity contribution in [2.75, 3.05) is 0 Å². The van der Waals surface area contributed by atoms with Gasteiger partial charge in [0.15, 0.2) is 5.16 Å². The van der Waals surface area contributed by atoms with Gasteiger partial charge in [0.25, 0.3) is 5.56 Å². The molecule has 26 heavy (non-hydrogen) atoms. The highest BCUT2D eigenvalue weighted by atomic mass is 79.9. The number of nitrogens with zero attached hydrogens (tertiary/aromatic N) is 2. The molecule has 0 unspecified atom stereocenters.